The molecule has 0 unspecified atom stereocenters. The minimum absolute atomic E-state index is 0.426. The van der Waals surface area contributed by atoms with Crippen LogP contribution >= 0.6 is 0 Å². The van der Waals surface area contributed by atoms with Gasteiger partial charge in [0.1, 0.15) is 11.9 Å². The lowest BCUT2D eigenvalue weighted by Crippen LogP contribution is -2.28. The van der Waals surface area contributed by atoms with E-state index in [1.165, 1.54) is 31.2 Å². The Bertz CT molecular complexity index is 352. The molecule has 1 heteroatoms. The van der Waals surface area contributed by atoms with Crippen LogP contribution in [-0.2, 0) is 6.42 Å². The van der Waals surface area contributed by atoms with Crippen molar-refractivity contribution in [2.24, 2.45) is 11.8 Å². The predicted molar refractivity (Wildman–Crippen MR) is 77.0 cm³/mol. The van der Waals surface area contributed by atoms with Gasteiger partial charge in [-0.25, -0.2) is 0 Å². The van der Waals surface area contributed by atoms with E-state index in [1.54, 1.807) is 0 Å². The van der Waals surface area contributed by atoms with Crippen molar-refractivity contribution in [3.63, 3.8) is 0 Å². The maximum Gasteiger partial charge on any atom is 0.119 e. The zero-order valence-corrected chi connectivity index (χ0v) is 12.0. The second kappa shape index (κ2) is 6.26. The molecule has 2 rings (SSSR count). The molecule has 0 saturated heterocycles. The maximum absolute atomic E-state index is 6.13. The SMILES string of the molecule is CC(C)Cc1ccc(O[C@@H]2CCCC[C@@H]2C)cc1. The molecule has 1 aromatic rings. The van der Waals surface area contributed by atoms with Gasteiger partial charge in [-0.05, 0) is 55.2 Å². The smallest absolute Gasteiger partial charge is 0.119 e. The first-order valence-electron chi connectivity index (χ1n) is 7.40. The minimum atomic E-state index is 0.426. The highest BCUT2D eigenvalue weighted by atomic mass is 16.5. The molecule has 0 spiro atoms. The third-order valence-corrected chi connectivity index (χ3v) is 3.89. The van der Waals surface area contributed by atoms with Crippen molar-refractivity contribution in [3.8, 4) is 5.75 Å². The summed E-state index contributed by atoms with van der Waals surface area (Å²) >= 11 is 0. The third kappa shape index (κ3) is 3.76. The van der Waals surface area contributed by atoms with Crippen LogP contribution in [0.5, 0.6) is 5.75 Å². The molecule has 18 heavy (non-hydrogen) atoms. The summed E-state index contributed by atoms with van der Waals surface area (Å²) in [6, 6.07) is 8.70. The van der Waals surface area contributed by atoms with E-state index >= 15 is 0 Å². The van der Waals surface area contributed by atoms with E-state index in [4.69, 9.17) is 4.74 Å². The molecule has 0 radical (unpaired) electrons. The highest BCUT2D eigenvalue weighted by Crippen LogP contribution is 2.28. The van der Waals surface area contributed by atoms with E-state index in [9.17, 15) is 0 Å². The Morgan fingerprint density at radius 1 is 1.11 bits per heavy atom. The largest absolute Gasteiger partial charge is 0.490 e. The minimum Gasteiger partial charge on any atom is -0.490 e. The number of ether oxygens (including phenoxy) is 1. The zero-order valence-electron chi connectivity index (χ0n) is 12.0. The monoisotopic (exact) mass is 246 g/mol. The summed E-state index contributed by atoms with van der Waals surface area (Å²) in [4.78, 5) is 0. The first-order chi connectivity index (χ1) is 8.65. The lowest BCUT2D eigenvalue weighted by Gasteiger charge is -2.29. The van der Waals surface area contributed by atoms with Gasteiger partial charge >= 0.3 is 0 Å². The van der Waals surface area contributed by atoms with Gasteiger partial charge in [0, 0.05) is 0 Å². The van der Waals surface area contributed by atoms with Gasteiger partial charge in [-0.2, -0.15) is 0 Å². The molecule has 0 bridgehead atoms. The Morgan fingerprint density at radius 3 is 2.39 bits per heavy atom. The van der Waals surface area contributed by atoms with Crippen molar-refractivity contribution in [1.29, 1.82) is 0 Å². The molecule has 0 N–H and O–H groups in total. The molecule has 2 atom stereocenters. The van der Waals surface area contributed by atoms with Crippen molar-refractivity contribution in [3.05, 3.63) is 29.8 Å². The predicted octanol–water partition coefficient (Wildman–Crippen LogP) is 4.84. The number of rotatable bonds is 4. The maximum atomic E-state index is 6.13. The van der Waals surface area contributed by atoms with Gasteiger partial charge in [0.15, 0.2) is 0 Å². The highest BCUT2D eigenvalue weighted by molar-refractivity contribution is 5.27. The van der Waals surface area contributed by atoms with Crippen LogP contribution in [0.15, 0.2) is 24.3 Å². The van der Waals surface area contributed by atoms with Gasteiger partial charge in [0.05, 0.1) is 0 Å². The fourth-order valence-corrected chi connectivity index (χ4v) is 2.81. The van der Waals surface area contributed by atoms with Crippen molar-refractivity contribution < 1.29 is 4.74 Å². The molecule has 100 valence electrons. The molecule has 1 aliphatic rings. The zero-order chi connectivity index (χ0) is 13.0. The molecule has 0 aliphatic heterocycles. The summed E-state index contributed by atoms with van der Waals surface area (Å²) < 4.78 is 6.13. The Hall–Kier alpha value is -0.980. The van der Waals surface area contributed by atoms with Crippen molar-refractivity contribution in [1.82, 2.24) is 0 Å². The summed E-state index contributed by atoms with van der Waals surface area (Å²) in [5.41, 5.74) is 1.41. The van der Waals surface area contributed by atoms with E-state index in [0.29, 0.717) is 12.0 Å². The molecular formula is C17H26O. The molecule has 1 aliphatic carbocycles. The van der Waals surface area contributed by atoms with E-state index in [1.807, 2.05) is 0 Å². The number of hydrogen-bond donors (Lipinski definition) is 0. The van der Waals surface area contributed by atoms with Crippen LogP contribution in [0.3, 0.4) is 0 Å². The molecule has 1 saturated carbocycles. The van der Waals surface area contributed by atoms with Crippen LogP contribution in [0.4, 0.5) is 0 Å². The van der Waals surface area contributed by atoms with Gasteiger partial charge in [-0.3, -0.25) is 0 Å². The second-order valence-corrected chi connectivity index (χ2v) is 6.16. The summed E-state index contributed by atoms with van der Waals surface area (Å²) in [5, 5.41) is 0. The van der Waals surface area contributed by atoms with Crippen molar-refractivity contribution >= 4 is 0 Å². The number of benzene rings is 1. The molecule has 1 fully saturated rings. The quantitative estimate of drug-likeness (QED) is 0.738. The van der Waals surface area contributed by atoms with Crippen LogP contribution in [0.2, 0.25) is 0 Å². The van der Waals surface area contributed by atoms with Gasteiger partial charge in [-0.1, -0.05) is 39.3 Å². The summed E-state index contributed by atoms with van der Waals surface area (Å²) in [7, 11) is 0. The van der Waals surface area contributed by atoms with Crippen LogP contribution in [0.25, 0.3) is 0 Å². The van der Waals surface area contributed by atoms with E-state index in [2.05, 4.69) is 45.0 Å². The van der Waals surface area contributed by atoms with Crippen molar-refractivity contribution in [2.45, 2.75) is 59.0 Å². The molecule has 0 amide bonds. The van der Waals surface area contributed by atoms with Crippen molar-refractivity contribution in [2.75, 3.05) is 0 Å². The first-order valence-corrected chi connectivity index (χ1v) is 7.40. The normalized spacial score (nSPS) is 24.2. The molecule has 0 heterocycles. The highest BCUT2D eigenvalue weighted by Gasteiger charge is 2.22. The third-order valence-electron chi connectivity index (χ3n) is 3.89. The Labute approximate surface area is 112 Å². The fourth-order valence-electron chi connectivity index (χ4n) is 2.81. The Balaban J connectivity index is 1.93. The lowest BCUT2D eigenvalue weighted by atomic mass is 9.88. The van der Waals surface area contributed by atoms with Crippen LogP contribution in [0.1, 0.15) is 52.0 Å². The van der Waals surface area contributed by atoms with E-state index in [0.717, 1.165) is 18.1 Å². The summed E-state index contributed by atoms with van der Waals surface area (Å²) in [6.07, 6.45) is 6.80. The fraction of sp³-hybridized carbons (Fsp3) is 0.647. The first kappa shape index (κ1) is 13.5. The average molecular weight is 246 g/mol. The molecular weight excluding hydrogens is 220 g/mol. The second-order valence-electron chi connectivity index (χ2n) is 6.16. The average Bonchev–Trinajstić information content (AvgIpc) is 2.34. The van der Waals surface area contributed by atoms with E-state index in [-0.39, 0.29) is 0 Å². The van der Waals surface area contributed by atoms with Crippen LogP contribution in [-0.4, -0.2) is 6.10 Å². The Morgan fingerprint density at radius 2 is 1.78 bits per heavy atom. The number of hydrogen-bond acceptors (Lipinski definition) is 1. The molecule has 0 aromatic heterocycles. The van der Waals surface area contributed by atoms with Crippen LogP contribution < -0.4 is 4.74 Å². The topological polar surface area (TPSA) is 9.23 Å². The van der Waals surface area contributed by atoms with Gasteiger partial charge < -0.3 is 4.74 Å². The molecule has 1 nitrogen and oxygen atoms in total. The summed E-state index contributed by atoms with van der Waals surface area (Å²) in [6.45, 7) is 6.83. The summed E-state index contributed by atoms with van der Waals surface area (Å²) in [5.74, 6) is 2.46. The molecule has 1 aromatic carbocycles. The van der Waals surface area contributed by atoms with Gasteiger partial charge in [0.2, 0.25) is 0 Å². The van der Waals surface area contributed by atoms with Gasteiger partial charge in [-0.15, -0.1) is 0 Å². The standard InChI is InChI=1S/C17H26O/c1-13(2)12-15-8-10-16(11-9-15)18-17-7-5-4-6-14(17)3/h8-11,13-14,17H,4-7,12H2,1-3H3/t14-,17+/m0/s1. The van der Waals surface area contributed by atoms with Crippen LogP contribution in [0, 0.1) is 11.8 Å². The van der Waals surface area contributed by atoms with E-state index < -0.39 is 0 Å². The Kier molecular flexibility index (Phi) is 4.68. The van der Waals surface area contributed by atoms with Gasteiger partial charge in [0.25, 0.3) is 0 Å². The lowest BCUT2D eigenvalue weighted by molar-refractivity contribution is 0.102.